The maximum Gasteiger partial charge on any atom is 0.244 e. The van der Waals surface area contributed by atoms with Crippen molar-refractivity contribution in [2.75, 3.05) is 0 Å². The number of fused-ring (bicyclic) bond motifs is 1. The van der Waals surface area contributed by atoms with Crippen molar-refractivity contribution in [1.29, 1.82) is 0 Å². The maximum atomic E-state index is 12.6. The fourth-order valence-electron chi connectivity index (χ4n) is 2.61. The zero-order valence-electron chi connectivity index (χ0n) is 13.8. The first-order valence-corrected chi connectivity index (χ1v) is 8.78. The van der Waals surface area contributed by atoms with E-state index in [4.69, 9.17) is 5.73 Å². The van der Waals surface area contributed by atoms with Gasteiger partial charge in [-0.2, -0.15) is 0 Å². The lowest BCUT2D eigenvalue weighted by Gasteiger charge is -2.26. The highest BCUT2D eigenvalue weighted by Gasteiger charge is 2.31. The number of nitrogens with two attached hydrogens (primary N) is 1. The molecule has 0 bridgehead atoms. The van der Waals surface area contributed by atoms with Crippen molar-refractivity contribution in [2.45, 2.75) is 31.8 Å². The number of hydrogen-bond donors (Lipinski definition) is 2. The molecule has 1 aromatic heterocycles. The summed E-state index contributed by atoms with van der Waals surface area (Å²) in [7, 11) is 0. The van der Waals surface area contributed by atoms with Crippen molar-refractivity contribution in [3.05, 3.63) is 65.2 Å². The van der Waals surface area contributed by atoms with E-state index < -0.39 is 5.54 Å². The smallest absolute Gasteiger partial charge is 0.244 e. The monoisotopic (exact) mass is 339 g/mol. The summed E-state index contributed by atoms with van der Waals surface area (Å²) in [5.74, 6) is -0.178. The second-order valence-electron chi connectivity index (χ2n) is 6.22. The SMILES string of the molecule is CC(Cc1nc2ccccc2s1)NC(=O)C(C)(N)c1ccccc1. The molecular weight excluding hydrogens is 318 g/mol. The second-order valence-corrected chi connectivity index (χ2v) is 7.34. The normalized spacial score (nSPS) is 15.0. The Hall–Kier alpha value is -2.24. The average Bonchev–Trinajstić information content (AvgIpc) is 2.97. The standard InChI is InChI=1S/C19H21N3OS/c1-13(12-17-22-15-10-6-7-11-16(15)24-17)21-18(23)19(2,20)14-8-4-3-5-9-14/h3-11,13H,12,20H2,1-2H3,(H,21,23). The van der Waals surface area contributed by atoms with Gasteiger partial charge in [0, 0.05) is 12.5 Å². The Kier molecular flexibility index (Phi) is 4.64. The molecular formula is C19H21N3OS. The molecule has 4 nitrogen and oxygen atoms in total. The largest absolute Gasteiger partial charge is 0.351 e. The van der Waals surface area contributed by atoms with Gasteiger partial charge in [-0.3, -0.25) is 4.79 Å². The predicted octanol–water partition coefficient (Wildman–Crippen LogP) is 3.22. The Balaban J connectivity index is 1.67. The van der Waals surface area contributed by atoms with Crippen LogP contribution in [0.5, 0.6) is 0 Å². The number of benzene rings is 2. The highest BCUT2D eigenvalue weighted by Crippen LogP contribution is 2.23. The Morgan fingerprint density at radius 2 is 1.88 bits per heavy atom. The minimum Gasteiger partial charge on any atom is -0.351 e. The Morgan fingerprint density at radius 3 is 2.58 bits per heavy atom. The summed E-state index contributed by atoms with van der Waals surface area (Å²) >= 11 is 1.66. The van der Waals surface area contributed by atoms with E-state index in [-0.39, 0.29) is 11.9 Å². The Bertz CT molecular complexity index is 809. The van der Waals surface area contributed by atoms with Crippen LogP contribution in [0.3, 0.4) is 0 Å². The van der Waals surface area contributed by atoms with Crippen LogP contribution in [-0.2, 0) is 16.8 Å². The number of aromatic nitrogens is 1. The molecule has 3 N–H and O–H groups in total. The van der Waals surface area contributed by atoms with Gasteiger partial charge in [0.2, 0.25) is 5.91 Å². The molecule has 5 heteroatoms. The molecule has 24 heavy (non-hydrogen) atoms. The van der Waals surface area contributed by atoms with E-state index in [2.05, 4.69) is 16.4 Å². The van der Waals surface area contributed by atoms with Gasteiger partial charge in [-0.1, -0.05) is 42.5 Å². The molecule has 0 aliphatic carbocycles. The predicted molar refractivity (Wildman–Crippen MR) is 98.9 cm³/mol. The van der Waals surface area contributed by atoms with E-state index in [0.717, 1.165) is 16.1 Å². The molecule has 3 aromatic rings. The Labute approximate surface area is 145 Å². The van der Waals surface area contributed by atoms with Gasteiger partial charge in [-0.15, -0.1) is 11.3 Å². The van der Waals surface area contributed by atoms with Crippen LogP contribution in [0.4, 0.5) is 0 Å². The molecule has 3 rings (SSSR count). The van der Waals surface area contributed by atoms with Gasteiger partial charge >= 0.3 is 0 Å². The van der Waals surface area contributed by atoms with Crippen LogP contribution < -0.4 is 11.1 Å². The lowest BCUT2D eigenvalue weighted by atomic mass is 9.92. The van der Waals surface area contributed by atoms with Gasteiger partial charge in [0.1, 0.15) is 5.54 Å². The molecule has 0 saturated carbocycles. The fraction of sp³-hybridized carbons (Fsp3) is 0.263. The van der Waals surface area contributed by atoms with Crippen LogP contribution in [0.25, 0.3) is 10.2 Å². The van der Waals surface area contributed by atoms with E-state index >= 15 is 0 Å². The van der Waals surface area contributed by atoms with Crippen molar-refractivity contribution < 1.29 is 4.79 Å². The molecule has 0 radical (unpaired) electrons. The van der Waals surface area contributed by atoms with E-state index in [1.165, 1.54) is 4.70 Å². The molecule has 0 aliphatic heterocycles. The first-order valence-electron chi connectivity index (χ1n) is 7.96. The van der Waals surface area contributed by atoms with Gasteiger partial charge in [0.15, 0.2) is 0 Å². The summed E-state index contributed by atoms with van der Waals surface area (Å²) in [5.41, 5.74) is 7.01. The van der Waals surface area contributed by atoms with E-state index in [9.17, 15) is 4.79 Å². The fourth-order valence-corrected chi connectivity index (χ4v) is 3.71. The first-order chi connectivity index (χ1) is 11.5. The van der Waals surface area contributed by atoms with Gasteiger partial charge in [-0.25, -0.2) is 4.98 Å². The summed E-state index contributed by atoms with van der Waals surface area (Å²) in [5, 5.41) is 4.03. The summed E-state index contributed by atoms with van der Waals surface area (Å²) in [6, 6.07) is 17.5. The summed E-state index contributed by atoms with van der Waals surface area (Å²) in [4.78, 5) is 17.2. The first kappa shape index (κ1) is 16.6. The molecule has 0 fully saturated rings. The molecule has 0 saturated heterocycles. The highest BCUT2D eigenvalue weighted by molar-refractivity contribution is 7.18. The van der Waals surface area contributed by atoms with Gasteiger partial charge in [0.25, 0.3) is 0 Å². The number of carbonyl (C=O) groups excluding carboxylic acids is 1. The lowest BCUT2D eigenvalue weighted by molar-refractivity contribution is -0.126. The average molecular weight is 339 g/mol. The van der Waals surface area contributed by atoms with Crippen LogP contribution >= 0.6 is 11.3 Å². The Morgan fingerprint density at radius 1 is 1.21 bits per heavy atom. The zero-order valence-corrected chi connectivity index (χ0v) is 14.6. The van der Waals surface area contributed by atoms with Crippen LogP contribution in [0.2, 0.25) is 0 Å². The third-order valence-electron chi connectivity index (χ3n) is 4.04. The molecule has 1 heterocycles. The van der Waals surface area contributed by atoms with Crippen LogP contribution in [0, 0.1) is 0 Å². The zero-order chi connectivity index (χ0) is 17.2. The summed E-state index contributed by atoms with van der Waals surface area (Å²) < 4.78 is 1.17. The molecule has 1 amide bonds. The minimum absolute atomic E-state index is 0.0374. The van der Waals surface area contributed by atoms with Crippen LogP contribution in [-0.4, -0.2) is 16.9 Å². The number of thiazole rings is 1. The molecule has 2 atom stereocenters. The molecule has 0 aliphatic rings. The van der Waals surface area contributed by atoms with Crippen molar-refractivity contribution in [3.63, 3.8) is 0 Å². The number of amides is 1. The quantitative estimate of drug-likeness (QED) is 0.750. The number of hydrogen-bond acceptors (Lipinski definition) is 4. The summed E-state index contributed by atoms with van der Waals surface area (Å²) in [6.45, 7) is 3.72. The minimum atomic E-state index is -1.05. The third kappa shape index (κ3) is 3.47. The van der Waals surface area contributed by atoms with E-state index in [1.54, 1.807) is 18.3 Å². The number of para-hydroxylation sites is 1. The van der Waals surface area contributed by atoms with Crippen molar-refractivity contribution in [3.8, 4) is 0 Å². The maximum absolute atomic E-state index is 12.6. The van der Waals surface area contributed by atoms with Gasteiger partial charge < -0.3 is 11.1 Å². The molecule has 124 valence electrons. The molecule has 0 spiro atoms. The van der Waals surface area contributed by atoms with Crippen molar-refractivity contribution in [2.24, 2.45) is 5.73 Å². The summed E-state index contributed by atoms with van der Waals surface area (Å²) in [6.07, 6.45) is 0.690. The molecule has 2 unspecified atom stereocenters. The second kappa shape index (κ2) is 6.71. The number of rotatable bonds is 5. The van der Waals surface area contributed by atoms with Gasteiger partial charge in [0.05, 0.1) is 15.2 Å². The number of carbonyl (C=O) groups is 1. The van der Waals surface area contributed by atoms with E-state index in [0.29, 0.717) is 6.42 Å². The topological polar surface area (TPSA) is 68.0 Å². The van der Waals surface area contributed by atoms with Crippen molar-refractivity contribution in [1.82, 2.24) is 10.3 Å². The van der Waals surface area contributed by atoms with Crippen LogP contribution in [0.1, 0.15) is 24.4 Å². The van der Waals surface area contributed by atoms with Crippen LogP contribution in [0.15, 0.2) is 54.6 Å². The number of nitrogens with zero attached hydrogens (tertiary/aromatic N) is 1. The highest BCUT2D eigenvalue weighted by atomic mass is 32.1. The third-order valence-corrected chi connectivity index (χ3v) is 5.10. The van der Waals surface area contributed by atoms with E-state index in [1.807, 2.05) is 55.5 Å². The lowest BCUT2D eigenvalue weighted by Crippen LogP contribution is -2.51. The number of nitrogens with one attached hydrogen (secondary N) is 1. The van der Waals surface area contributed by atoms with Gasteiger partial charge in [-0.05, 0) is 31.5 Å². The van der Waals surface area contributed by atoms with Crippen molar-refractivity contribution >= 4 is 27.5 Å². The molecule has 2 aromatic carbocycles.